The Balaban J connectivity index is 1.38. The van der Waals surface area contributed by atoms with Crippen molar-refractivity contribution >= 4 is 17.5 Å². The van der Waals surface area contributed by atoms with Gasteiger partial charge in [-0.2, -0.15) is 0 Å². The van der Waals surface area contributed by atoms with E-state index in [0.717, 1.165) is 42.9 Å². The smallest absolute Gasteiger partial charge is 0.269 e. The molecule has 1 saturated heterocycles. The maximum atomic E-state index is 13.1. The Labute approximate surface area is 164 Å². The lowest BCUT2D eigenvalue weighted by Crippen LogP contribution is -2.60. The van der Waals surface area contributed by atoms with E-state index in [1.54, 1.807) is 6.33 Å². The summed E-state index contributed by atoms with van der Waals surface area (Å²) in [6.45, 7) is 5.61. The van der Waals surface area contributed by atoms with Gasteiger partial charge in [-0.25, -0.2) is 4.98 Å². The number of piperidine rings is 1. The van der Waals surface area contributed by atoms with E-state index in [0.29, 0.717) is 32.4 Å². The van der Waals surface area contributed by atoms with Gasteiger partial charge in [-0.1, -0.05) is 5.16 Å². The zero-order valence-corrected chi connectivity index (χ0v) is 16.5. The van der Waals surface area contributed by atoms with Gasteiger partial charge in [0.2, 0.25) is 11.5 Å². The summed E-state index contributed by atoms with van der Waals surface area (Å²) in [6, 6.07) is 0. The lowest BCUT2D eigenvalue weighted by molar-refractivity contribution is -0.158. The Kier molecular flexibility index (Phi) is 3.83. The summed E-state index contributed by atoms with van der Waals surface area (Å²) in [5.41, 5.74) is 1.69. The van der Waals surface area contributed by atoms with Crippen molar-refractivity contribution in [2.45, 2.75) is 63.5 Å². The minimum absolute atomic E-state index is 0.0129. The highest BCUT2D eigenvalue weighted by Gasteiger charge is 2.53. The van der Waals surface area contributed by atoms with Crippen molar-refractivity contribution in [3.05, 3.63) is 17.7 Å². The molecule has 0 aromatic carbocycles. The lowest BCUT2D eigenvalue weighted by Gasteiger charge is -2.51. The number of imidazole rings is 1. The van der Waals surface area contributed by atoms with Crippen LogP contribution in [0.1, 0.15) is 57.3 Å². The first-order valence-electron chi connectivity index (χ1n) is 10.3. The number of aromatic nitrogens is 2. The molecule has 0 radical (unpaired) electrons. The van der Waals surface area contributed by atoms with Crippen LogP contribution < -0.4 is 0 Å². The van der Waals surface area contributed by atoms with Crippen molar-refractivity contribution in [1.82, 2.24) is 19.8 Å². The molecule has 1 aromatic heterocycles. The van der Waals surface area contributed by atoms with Crippen LogP contribution in [0, 0.1) is 5.92 Å². The monoisotopic (exact) mass is 385 g/mol. The summed E-state index contributed by atoms with van der Waals surface area (Å²) in [5, 5.41) is 3.98. The van der Waals surface area contributed by atoms with Crippen molar-refractivity contribution in [2.75, 3.05) is 19.6 Å². The van der Waals surface area contributed by atoms with Gasteiger partial charge in [-0.05, 0) is 39.5 Å². The van der Waals surface area contributed by atoms with Crippen molar-refractivity contribution < 1.29 is 14.4 Å². The van der Waals surface area contributed by atoms with E-state index in [-0.39, 0.29) is 17.7 Å². The van der Waals surface area contributed by atoms with Crippen LogP contribution in [0.25, 0.3) is 0 Å². The summed E-state index contributed by atoms with van der Waals surface area (Å²) in [6.07, 6.45) is 6.51. The second-order valence-electron chi connectivity index (χ2n) is 8.89. The molecule has 1 aromatic rings. The standard InChI is InChI=1S/C20H27N5O3/c1-13-11-19(2,28-23-13)18(27)24-9-6-20(7-10-24)16-15(21-12-22-16)5-8-25(20)17(26)14-3-4-14/h12,14H,3-11H2,1-2H3,(H,21,22)/t19-/m0/s1. The molecule has 28 heavy (non-hydrogen) atoms. The lowest BCUT2D eigenvalue weighted by atomic mass is 9.78. The number of aromatic amines is 1. The fourth-order valence-corrected chi connectivity index (χ4v) is 5.12. The average molecular weight is 385 g/mol. The molecule has 0 unspecified atom stereocenters. The van der Waals surface area contributed by atoms with Gasteiger partial charge in [0.1, 0.15) is 0 Å². The molecule has 4 heterocycles. The maximum absolute atomic E-state index is 13.1. The number of carbonyl (C=O) groups excluding carboxylic acids is 2. The second kappa shape index (κ2) is 6.06. The Morgan fingerprint density at radius 2 is 2.00 bits per heavy atom. The Morgan fingerprint density at radius 1 is 1.25 bits per heavy atom. The van der Waals surface area contributed by atoms with E-state index in [9.17, 15) is 9.59 Å². The molecule has 1 saturated carbocycles. The third-order valence-corrected chi connectivity index (χ3v) is 6.78. The molecule has 8 nitrogen and oxygen atoms in total. The molecule has 2 fully saturated rings. The number of hydrogen-bond donors (Lipinski definition) is 1. The number of hydrogen-bond acceptors (Lipinski definition) is 5. The van der Waals surface area contributed by atoms with Gasteiger partial charge in [-0.3, -0.25) is 9.59 Å². The number of rotatable bonds is 2. The SMILES string of the molecule is CC1=NO[C@](C)(C(=O)N2CCC3(CC2)c2nc[nH]c2CCN3C(=O)C2CC2)C1. The highest BCUT2D eigenvalue weighted by atomic mass is 16.7. The van der Waals surface area contributed by atoms with E-state index in [1.807, 2.05) is 18.7 Å². The summed E-state index contributed by atoms with van der Waals surface area (Å²) in [7, 11) is 0. The van der Waals surface area contributed by atoms with Crippen LogP contribution in [0.4, 0.5) is 0 Å². The second-order valence-corrected chi connectivity index (χ2v) is 8.89. The molecule has 150 valence electrons. The normalized spacial score (nSPS) is 28.7. The van der Waals surface area contributed by atoms with E-state index in [2.05, 4.69) is 20.0 Å². The quantitative estimate of drug-likeness (QED) is 0.837. The largest absolute Gasteiger partial charge is 0.379 e. The predicted molar refractivity (Wildman–Crippen MR) is 101 cm³/mol. The highest BCUT2D eigenvalue weighted by Crippen LogP contribution is 2.45. The molecule has 2 amide bonds. The molecule has 1 N–H and O–H groups in total. The number of nitrogens with one attached hydrogen (secondary N) is 1. The first-order valence-corrected chi connectivity index (χ1v) is 10.3. The maximum Gasteiger partial charge on any atom is 0.269 e. The first kappa shape index (κ1) is 17.7. The third-order valence-electron chi connectivity index (χ3n) is 6.78. The fraction of sp³-hybridized carbons (Fsp3) is 0.700. The number of fused-ring (bicyclic) bond motifs is 2. The molecule has 8 heteroatoms. The van der Waals surface area contributed by atoms with Gasteiger partial charge >= 0.3 is 0 Å². The highest BCUT2D eigenvalue weighted by molar-refractivity contribution is 5.94. The Bertz CT molecular complexity index is 850. The summed E-state index contributed by atoms with van der Waals surface area (Å²) in [4.78, 5) is 43.4. The van der Waals surface area contributed by atoms with Crippen LogP contribution >= 0.6 is 0 Å². The topological polar surface area (TPSA) is 90.9 Å². The summed E-state index contributed by atoms with van der Waals surface area (Å²) < 4.78 is 0. The molecule has 1 aliphatic carbocycles. The third kappa shape index (κ3) is 2.57. The molecule has 4 aliphatic rings. The number of nitrogens with zero attached hydrogens (tertiary/aromatic N) is 4. The van der Waals surface area contributed by atoms with Crippen molar-refractivity contribution in [2.24, 2.45) is 11.1 Å². The molecular weight excluding hydrogens is 358 g/mol. The zero-order valence-electron chi connectivity index (χ0n) is 16.5. The summed E-state index contributed by atoms with van der Waals surface area (Å²) in [5.74, 6) is 0.438. The van der Waals surface area contributed by atoms with Crippen molar-refractivity contribution in [1.29, 1.82) is 0 Å². The predicted octanol–water partition coefficient (Wildman–Crippen LogP) is 1.58. The van der Waals surface area contributed by atoms with Crippen LogP contribution in [-0.4, -0.2) is 62.5 Å². The van der Waals surface area contributed by atoms with E-state index in [1.165, 1.54) is 0 Å². The number of carbonyl (C=O) groups is 2. The van der Waals surface area contributed by atoms with Crippen LogP contribution in [-0.2, 0) is 26.4 Å². The molecular formula is C20H27N5O3. The zero-order chi connectivity index (χ0) is 19.5. The Morgan fingerprint density at radius 3 is 2.64 bits per heavy atom. The Hall–Kier alpha value is -2.38. The fourth-order valence-electron chi connectivity index (χ4n) is 5.12. The van der Waals surface area contributed by atoms with Crippen LogP contribution in [0.5, 0.6) is 0 Å². The minimum Gasteiger partial charge on any atom is -0.379 e. The van der Waals surface area contributed by atoms with Gasteiger partial charge in [-0.15, -0.1) is 0 Å². The molecule has 0 bridgehead atoms. The van der Waals surface area contributed by atoms with Crippen molar-refractivity contribution in [3.63, 3.8) is 0 Å². The molecule has 1 atom stereocenters. The van der Waals surface area contributed by atoms with E-state index in [4.69, 9.17) is 4.84 Å². The average Bonchev–Trinajstić information content (AvgIpc) is 3.32. The van der Waals surface area contributed by atoms with Crippen LogP contribution in [0.2, 0.25) is 0 Å². The van der Waals surface area contributed by atoms with Gasteiger partial charge < -0.3 is 19.6 Å². The van der Waals surface area contributed by atoms with Gasteiger partial charge in [0, 0.05) is 44.1 Å². The number of H-pyrrole nitrogens is 1. The molecule has 3 aliphatic heterocycles. The molecule has 5 rings (SSSR count). The summed E-state index contributed by atoms with van der Waals surface area (Å²) >= 11 is 0. The first-order chi connectivity index (χ1) is 13.4. The van der Waals surface area contributed by atoms with Crippen LogP contribution in [0.3, 0.4) is 0 Å². The minimum atomic E-state index is -0.901. The van der Waals surface area contributed by atoms with Gasteiger partial charge in [0.05, 0.1) is 23.3 Å². The van der Waals surface area contributed by atoms with Gasteiger partial charge in [0.25, 0.3) is 5.91 Å². The number of oxime groups is 1. The van der Waals surface area contributed by atoms with Crippen LogP contribution in [0.15, 0.2) is 11.5 Å². The van der Waals surface area contributed by atoms with E-state index >= 15 is 0 Å². The number of likely N-dealkylation sites (tertiary alicyclic amines) is 1. The van der Waals surface area contributed by atoms with Gasteiger partial charge in [0.15, 0.2) is 0 Å². The molecule has 1 spiro atoms. The van der Waals surface area contributed by atoms with Crippen molar-refractivity contribution in [3.8, 4) is 0 Å². The number of amides is 2. The van der Waals surface area contributed by atoms with E-state index < -0.39 is 11.1 Å².